The maximum atomic E-state index is 4.77. The van der Waals surface area contributed by atoms with Crippen molar-refractivity contribution in [2.45, 2.75) is 52.1 Å². The highest BCUT2D eigenvalue weighted by atomic mass is 15.2. The van der Waals surface area contributed by atoms with Gasteiger partial charge in [-0.15, -0.1) is 0 Å². The Kier molecular flexibility index (Phi) is 6.04. The Morgan fingerprint density at radius 3 is 2.84 bits per heavy atom. The summed E-state index contributed by atoms with van der Waals surface area (Å²) in [6, 6.07) is 8.80. The fraction of sp³-hybridized carbons (Fsp3) is 0.526. The van der Waals surface area contributed by atoms with E-state index in [0.717, 1.165) is 35.4 Å². The number of guanidine groups is 1. The zero-order valence-electron chi connectivity index (χ0n) is 15.1. The SMILES string of the molecule is CCNC(=NCc1cccc(-c2ncn[nH]2)c1)NC1CCC(C)CC1. The lowest BCUT2D eigenvalue weighted by molar-refractivity contribution is 0.329. The molecule has 0 spiro atoms. The van der Waals surface area contributed by atoms with Gasteiger partial charge in [-0.1, -0.05) is 25.1 Å². The number of aromatic amines is 1. The minimum absolute atomic E-state index is 0.537. The van der Waals surface area contributed by atoms with Gasteiger partial charge in [-0.2, -0.15) is 5.10 Å². The van der Waals surface area contributed by atoms with Crippen LogP contribution in [0.3, 0.4) is 0 Å². The van der Waals surface area contributed by atoms with Crippen LogP contribution in [0.2, 0.25) is 0 Å². The molecule has 1 saturated carbocycles. The van der Waals surface area contributed by atoms with Crippen molar-refractivity contribution in [3.05, 3.63) is 36.2 Å². The van der Waals surface area contributed by atoms with Gasteiger partial charge in [-0.25, -0.2) is 9.98 Å². The van der Waals surface area contributed by atoms with Gasteiger partial charge in [0.2, 0.25) is 0 Å². The van der Waals surface area contributed by atoms with Crippen molar-refractivity contribution in [1.29, 1.82) is 0 Å². The third-order valence-corrected chi connectivity index (χ3v) is 4.74. The van der Waals surface area contributed by atoms with E-state index in [1.165, 1.54) is 32.0 Å². The largest absolute Gasteiger partial charge is 0.357 e. The Balaban J connectivity index is 1.64. The van der Waals surface area contributed by atoms with E-state index in [1.807, 2.05) is 12.1 Å². The number of rotatable bonds is 5. The summed E-state index contributed by atoms with van der Waals surface area (Å²) in [7, 11) is 0. The third-order valence-electron chi connectivity index (χ3n) is 4.74. The number of aliphatic imine (C=N–C) groups is 1. The van der Waals surface area contributed by atoms with E-state index in [9.17, 15) is 0 Å². The van der Waals surface area contributed by atoms with Gasteiger partial charge in [-0.05, 0) is 50.2 Å². The summed E-state index contributed by atoms with van der Waals surface area (Å²) in [4.78, 5) is 8.98. The molecule has 25 heavy (non-hydrogen) atoms. The molecular formula is C19H28N6. The normalized spacial score (nSPS) is 21.1. The minimum Gasteiger partial charge on any atom is -0.357 e. The quantitative estimate of drug-likeness (QED) is 0.577. The smallest absolute Gasteiger partial charge is 0.191 e. The third kappa shape index (κ3) is 5.05. The molecule has 6 nitrogen and oxygen atoms in total. The molecule has 3 N–H and O–H groups in total. The first-order valence-corrected chi connectivity index (χ1v) is 9.24. The first-order valence-electron chi connectivity index (χ1n) is 9.24. The molecular weight excluding hydrogens is 312 g/mol. The molecule has 1 heterocycles. The summed E-state index contributed by atoms with van der Waals surface area (Å²) in [5, 5.41) is 13.8. The standard InChI is InChI=1S/C19H28N6/c1-3-20-19(24-17-9-7-14(2)8-10-17)21-12-15-5-4-6-16(11-15)18-22-13-23-25-18/h4-6,11,13-14,17H,3,7-10,12H2,1-2H3,(H2,20,21,24)(H,22,23,25). The van der Waals surface area contributed by atoms with Crippen LogP contribution in [0.1, 0.15) is 45.1 Å². The molecule has 134 valence electrons. The Morgan fingerprint density at radius 2 is 2.12 bits per heavy atom. The molecule has 3 rings (SSSR count). The van der Waals surface area contributed by atoms with Crippen LogP contribution in [0.5, 0.6) is 0 Å². The van der Waals surface area contributed by atoms with Crippen LogP contribution >= 0.6 is 0 Å². The zero-order chi connectivity index (χ0) is 17.5. The summed E-state index contributed by atoms with van der Waals surface area (Å²) >= 11 is 0. The molecule has 0 atom stereocenters. The van der Waals surface area contributed by atoms with Crippen molar-refractivity contribution in [2.24, 2.45) is 10.9 Å². The maximum absolute atomic E-state index is 4.77. The lowest BCUT2D eigenvalue weighted by atomic mass is 9.87. The second-order valence-corrected chi connectivity index (χ2v) is 6.83. The molecule has 1 aliphatic rings. The van der Waals surface area contributed by atoms with E-state index in [2.05, 4.69) is 51.8 Å². The average molecular weight is 340 g/mol. The van der Waals surface area contributed by atoms with Crippen LogP contribution in [0, 0.1) is 5.92 Å². The van der Waals surface area contributed by atoms with Crippen molar-refractivity contribution in [1.82, 2.24) is 25.8 Å². The van der Waals surface area contributed by atoms with E-state index in [1.54, 1.807) is 0 Å². The van der Waals surface area contributed by atoms with Crippen molar-refractivity contribution in [2.75, 3.05) is 6.54 Å². The van der Waals surface area contributed by atoms with Gasteiger partial charge >= 0.3 is 0 Å². The van der Waals surface area contributed by atoms with Gasteiger partial charge in [0.25, 0.3) is 0 Å². The number of nitrogens with one attached hydrogen (secondary N) is 3. The maximum Gasteiger partial charge on any atom is 0.191 e. The molecule has 0 bridgehead atoms. The van der Waals surface area contributed by atoms with Gasteiger partial charge in [0.05, 0.1) is 6.54 Å². The number of hydrogen-bond donors (Lipinski definition) is 3. The molecule has 0 saturated heterocycles. The second-order valence-electron chi connectivity index (χ2n) is 6.83. The van der Waals surface area contributed by atoms with Gasteiger partial charge in [0.15, 0.2) is 11.8 Å². The topological polar surface area (TPSA) is 78.0 Å². The molecule has 2 aromatic rings. The molecule has 0 radical (unpaired) electrons. The molecule has 0 unspecified atom stereocenters. The lowest BCUT2D eigenvalue weighted by Gasteiger charge is -2.28. The Labute approximate surface area is 149 Å². The Morgan fingerprint density at radius 1 is 1.28 bits per heavy atom. The molecule has 1 aromatic heterocycles. The van der Waals surface area contributed by atoms with E-state index < -0.39 is 0 Å². The van der Waals surface area contributed by atoms with E-state index in [-0.39, 0.29) is 0 Å². The van der Waals surface area contributed by atoms with Gasteiger partial charge in [0, 0.05) is 18.2 Å². The summed E-state index contributed by atoms with van der Waals surface area (Å²) < 4.78 is 0. The Hall–Kier alpha value is -2.37. The van der Waals surface area contributed by atoms with Crippen molar-refractivity contribution in [3.63, 3.8) is 0 Å². The zero-order valence-corrected chi connectivity index (χ0v) is 15.1. The minimum atomic E-state index is 0.537. The molecule has 1 aliphatic carbocycles. The van der Waals surface area contributed by atoms with E-state index in [4.69, 9.17) is 4.99 Å². The fourth-order valence-corrected chi connectivity index (χ4v) is 3.25. The summed E-state index contributed by atoms with van der Waals surface area (Å²) in [6.45, 7) is 5.95. The highest BCUT2D eigenvalue weighted by molar-refractivity contribution is 5.80. The fourth-order valence-electron chi connectivity index (χ4n) is 3.25. The predicted molar refractivity (Wildman–Crippen MR) is 101 cm³/mol. The number of H-pyrrole nitrogens is 1. The van der Waals surface area contributed by atoms with Crippen LogP contribution in [0.25, 0.3) is 11.4 Å². The number of aromatic nitrogens is 3. The summed E-state index contributed by atoms with van der Waals surface area (Å²) in [5.41, 5.74) is 2.19. The van der Waals surface area contributed by atoms with Gasteiger partial charge < -0.3 is 10.6 Å². The molecule has 0 amide bonds. The highest BCUT2D eigenvalue weighted by Gasteiger charge is 2.18. The molecule has 6 heteroatoms. The summed E-state index contributed by atoms with van der Waals surface area (Å²) in [5.74, 6) is 2.55. The number of hydrogen-bond acceptors (Lipinski definition) is 3. The first kappa shape index (κ1) is 17.5. The lowest BCUT2D eigenvalue weighted by Crippen LogP contribution is -2.44. The van der Waals surface area contributed by atoms with Crippen molar-refractivity contribution < 1.29 is 0 Å². The highest BCUT2D eigenvalue weighted by Crippen LogP contribution is 2.23. The van der Waals surface area contributed by atoms with Crippen LogP contribution in [0.4, 0.5) is 0 Å². The van der Waals surface area contributed by atoms with Crippen LogP contribution < -0.4 is 10.6 Å². The monoisotopic (exact) mass is 340 g/mol. The van der Waals surface area contributed by atoms with E-state index in [0.29, 0.717) is 12.6 Å². The number of nitrogens with zero attached hydrogens (tertiary/aromatic N) is 3. The molecule has 1 aromatic carbocycles. The van der Waals surface area contributed by atoms with Gasteiger partial charge in [-0.3, -0.25) is 5.10 Å². The average Bonchev–Trinajstić information content (AvgIpc) is 3.17. The molecule has 1 fully saturated rings. The van der Waals surface area contributed by atoms with Gasteiger partial charge in [0.1, 0.15) is 6.33 Å². The predicted octanol–water partition coefficient (Wildman–Crippen LogP) is 3.11. The summed E-state index contributed by atoms with van der Waals surface area (Å²) in [6.07, 6.45) is 6.59. The van der Waals surface area contributed by atoms with Crippen molar-refractivity contribution in [3.8, 4) is 11.4 Å². The first-order chi connectivity index (χ1) is 12.2. The van der Waals surface area contributed by atoms with E-state index >= 15 is 0 Å². The Bertz CT molecular complexity index is 671. The number of benzene rings is 1. The van der Waals surface area contributed by atoms with Crippen LogP contribution in [-0.4, -0.2) is 33.7 Å². The van der Waals surface area contributed by atoms with Crippen LogP contribution in [-0.2, 0) is 6.54 Å². The van der Waals surface area contributed by atoms with Crippen molar-refractivity contribution >= 4 is 5.96 Å². The molecule has 0 aliphatic heterocycles. The second kappa shape index (κ2) is 8.65. The van der Waals surface area contributed by atoms with Crippen LogP contribution in [0.15, 0.2) is 35.6 Å².